The molecule has 2 heterocycles. The minimum absolute atomic E-state index is 0. The molecule has 3 aromatic carbocycles. The molecule has 2 aliphatic heterocycles. The quantitative estimate of drug-likeness (QED) is 0.326. The van der Waals surface area contributed by atoms with E-state index < -0.39 is 11.9 Å². The first-order valence-corrected chi connectivity index (χ1v) is 13.1. The Morgan fingerprint density at radius 2 is 1.74 bits per heavy atom. The molecule has 2 aliphatic rings. The van der Waals surface area contributed by atoms with Gasteiger partial charge in [-0.2, -0.15) is 0 Å². The van der Waals surface area contributed by atoms with E-state index in [0.29, 0.717) is 47.1 Å². The third-order valence-electron chi connectivity index (χ3n) is 7.05. The van der Waals surface area contributed by atoms with Gasteiger partial charge in [0.25, 0.3) is 0 Å². The Kier molecular flexibility index (Phi) is 9.66. The molecule has 3 aromatic rings. The van der Waals surface area contributed by atoms with Crippen LogP contribution in [0.5, 0.6) is 17.2 Å². The first kappa shape index (κ1) is 28.8. The largest absolute Gasteiger partial charge is 1.00 e. The molecular formula is C29H26Cl2NNaO5. The molecule has 5 rings (SSSR count). The van der Waals surface area contributed by atoms with Gasteiger partial charge in [0.05, 0.1) is 11.6 Å². The fraction of sp³-hybridized carbons (Fsp3) is 0.310. The molecule has 9 heteroatoms. The Morgan fingerprint density at radius 3 is 2.42 bits per heavy atom. The molecule has 0 spiro atoms. The van der Waals surface area contributed by atoms with Gasteiger partial charge >= 0.3 is 29.6 Å². The van der Waals surface area contributed by atoms with E-state index in [1.54, 1.807) is 36.4 Å². The zero-order valence-corrected chi connectivity index (χ0v) is 24.6. The Hall–Kier alpha value is -2.22. The van der Waals surface area contributed by atoms with Crippen molar-refractivity contribution >= 4 is 40.6 Å². The van der Waals surface area contributed by atoms with Gasteiger partial charge < -0.3 is 24.3 Å². The van der Waals surface area contributed by atoms with Crippen molar-refractivity contribution < 1.29 is 53.7 Å². The van der Waals surface area contributed by atoms with Gasteiger partial charge in [0.15, 0.2) is 5.78 Å². The van der Waals surface area contributed by atoms with Crippen LogP contribution in [0.2, 0.25) is 10.0 Å². The average Bonchev–Trinajstić information content (AvgIpc) is 2.89. The summed E-state index contributed by atoms with van der Waals surface area (Å²) in [6, 6.07) is 18.0. The smallest absolute Gasteiger partial charge is 0.549 e. The van der Waals surface area contributed by atoms with E-state index in [2.05, 4.69) is 11.0 Å². The average molecular weight is 562 g/mol. The number of carbonyl (C=O) groups excluding carboxylic acids is 2. The van der Waals surface area contributed by atoms with Crippen molar-refractivity contribution in [2.75, 3.05) is 24.6 Å². The molecule has 0 bridgehead atoms. The molecule has 38 heavy (non-hydrogen) atoms. The number of anilines is 1. The van der Waals surface area contributed by atoms with E-state index in [1.165, 1.54) is 0 Å². The summed E-state index contributed by atoms with van der Waals surface area (Å²) in [6.45, 7) is 2.09. The van der Waals surface area contributed by atoms with E-state index in [-0.39, 0.29) is 47.0 Å². The monoisotopic (exact) mass is 561 g/mol. The molecule has 0 saturated carbocycles. The molecule has 0 aromatic heterocycles. The number of carboxylic acid groups (broad SMARTS) is 1. The number of hydrogen-bond donors (Lipinski definition) is 0. The number of rotatable bonds is 7. The Balaban J connectivity index is 0.00000336. The maximum atomic E-state index is 12.9. The number of Topliss-reactive ketones (excluding diaryl/α,β-unsaturated/α-hetero) is 1. The molecule has 0 N–H and O–H groups in total. The van der Waals surface area contributed by atoms with Crippen LogP contribution in [0.4, 0.5) is 5.69 Å². The molecule has 0 amide bonds. The number of hydrogen-bond acceptors (Lipinski definition) is 6. The van der Waals surface area contributed by atoms with Crippen molar-refractivity contribution in [3.63, 3.8) is 0 Å². The molecule has 1 fully saturated rings. The summed E-state index contributed by atoms with van der Waals surface area (Å²) in [4.78, 5) is 26.7. The standard InChI is InChI=1S/C29H27Cl2NO5.Na/c30-20-2-1-3-21(15-20)32-11-8-18(9-12-32)14-26(33)19-4-6-22(7-5-19)37-28-17-27-24(16-25(28)31)23(29(34)35)10-13-36-27;/h1-7,15-18,23H,8-14H2,(H,34,35);/q;+1/p-1. The van der Waals surface area contributed by atoms with Crippen LogP contribution in [0, 0.1) is 5.92 Å². The summed E-state index contributed by atoms with van der Waals surface area (Å²) in [7, 11) is 0. The second-order valence-corrected chi connectivity index (χ2v) is 10.3. The van der Waals surface area contributed by atoms with E-state index in [4.69, 9.17) is 32.7 Å². The maximum absolute atomic E-state index is 12.9. The Labute approximate surface area is 254 Å². The van der Waals surface area contributed by atoms with Crippen molar-refractivity contribution in [2.45, 2.75) is 31.6 Å². The first-order chi connectivity index (χ1) is 17.9. The molecule has 1 unspecified atom stereocenters. The zero-order valence-electron chi connectivity index (χ0n) is 21.1. The van der Waals surface area contributed by atoms with Gasteiger partial charge in [-0.25, -0.2) is 0 Å². The predicted molar refractivity (Wildman–Crippen MR) is 141 cm³/mol. The second kappa shape index (κ2) is 12.8. The number of carboxylic acids is 1. The van der Waals surface area contributed by atoms with Crippen LogP contribution in [-0.4, -0.2) is 31.4 Å². The molecule has 0 radical (unpaired) electrons. The van der Waals surface area contributed by atoms with Gasteiger partial charge in [-0.1, -0.05) is 29.3 Å². The van der Waals surface area contributed by atoms with Crippen LogP contribution in [0.15, 0.2) is 60.7 Å². The molecule has 0 aliphatic carbocycles. The SMILES string of the molecule is O=C(CC1CCN(c2cccc(Cl)c2)CC1)c1ccc(Oc2cc3c(cc2Cl)C(C(=O)[O-])CCO3)cc1.[Na+]. The normalized spacial score (nSPS) is 17.1. The summed E-state index contributed by atoms with van der Waals surface area (Å²) in [5, 5.41) is 12.4. The minimum atomic E-state index is -1.15. The zero-order chi connectivity index (χ0) is 25.9. The summed E-state index contributed by atoms with van der Waals surface area (Å²) < 4.78 is 11.5. The minimum Gasteiger partial charge on any atom is -0.549 e. The number of ether oxygens (including phenoxy) is 2. The van der Waals surface area contributed by atoms with Gasteiger partial charge in [-0.15, -0.1) is 0 Å². The van der Waals surface area contributed by atoms with E-state index in [1.807, 2.05) is 18.2 Å². The van der Waals surface area contributed by atoms with Crippen molar-refractivity contribution in [2.24, 2.45) is 5.92 Å². The summed E-state index contributed by atoms with van der Waals surface area (Å²) in [5.74, 6) is -0.163. The van der Waals surface area contributed by atoms with Crippen LogP contribution in [0.3, 0.4) is 0 Å². The number of aliphatic carboxylic acids is 1. The molecular weight excluding hydrogens is 536 g/mol. The van der Waals surface area contributed by atoms with Crippen molar-refractivity contribution in [3.05, 3.63) is 81.8 Å². The van der Waals surface area contributed by atoms with Crippen molar-refractivity contribution in [1.29, 1.82) is 0 Å². The van der Waals surface area contributed by atoms with Gasteiger partial charge in [-0.3, -0.25) is 4.79 Å². The third kappa shape index (κ3) is 6.67. The van der Waals surface area contributed by atoms with E-state index in [0.717, 1.165) is 36.6 Å². The number of halogens is 2. The van der Waals surface area contributed by atoms with Crippen LogP contribution in [0.1, 0.15) is 47.5 Å². The van der Waals surface area contributed by atoms with Crippen LogP contribution in [-0.2, 0) is 4.79 Å². The van der Waals surface area contributed by atoms with E-state index in [9.17, 15) is 14.7 Å². The van der Waals surface area contributed by atoms with Gasteiger partial charge in [0.2, 0.25) is 0 Å². The first-order valence-electron chi connectivity index (χ1n) is 12.4. The van der Waals surface area contributed by atoms with Gasteiger partial charge in [-0.05, 0) is 73.7 Å². The van der Waals surface area contributed by atoms with Gasteiger partial charge in [0.1, 0.15) is 17.2 Å². The molecule has 1 atom stereocenters. The predicted octanol–water partition coefficient (Wildman–Crippen LogP) is 2.90. The Morgan fingerprint density at radius 1 is 1.00 bits per heavy atom. The van der Waals surface area contributed by atoms with E-state index >= 15 is 0 Å². The number of ketones is 1. The molecule has 6 nitrogen and oxygen atoms in total. The number of nitrogens with zero attached hydrogens (tertiary/aromatic N) is 1. The molecule has 1 saturated heterocycles. The Bertz CT molecular complexity index is 1310. The van der Waals surface area contributed by atoms with Crippen LogP contribution in [0.25, 0.3) is 0 Å². The van der Waals surface area contributed by atoms with Gasteiger partial charge in [0, 0.05) is 59.3 Å². The summed E-state index contributed by atoms with van der Waals surface area (Å²) >= 11 is 12.5. The summed E-state index contributed by atoms with van der Waals surface area (Å²) in [6.07, 6.45) is 2.76. The maximum Gasteiger partial charge on any atom is 1.00 e. The van der Waals surface area contributed by atoms with Crippen LogP contribution < -0.4 is 49.0 Å². The number of fused-ring (bicyclic) bond motifs is 1. The van der Waals surface area contributed by atoms with Crippen molar-refractivity contribution in [1.82, 2.24) is 0 Å². The third-order valence-corrected chi connectivity index (χ3v) is 7.58. The topological polar surface area (TPSA) is 78.9 Å². The fourth-order valence-electron chi connectivity index (χ4n) is 5.00. The number of piperidine rings is 1. The summed E-state index contributed by atoms with van der Waals surface area (Å²) in [5.41, 5.74) is 2.25. The number of carbonyl (C=O) groups is 2. The second-order valence-electron chi connectivity index (χ2n) is 9.49. The van der Waals surface area contributed by atoms with Crippen molar-refractivity contribution in [3.8, 4) is 17.2 Å². The van der Waals surface area contributed by atoms with Crippen LogP contribution >= 0.6 is 23.2 Å². The molecule has 192 valence electrons. The number of benzene rings is 3. The fourth-order valence-corrected chi connectivity index (χ4v) is 5.39.